The number of phenolic OH excluding ortho intramolecular Hbond substituents is 1. The van der Waals surface area contributed by atoms with Crippen molar-refractivity contribution in [1.82, 2.24) is 4.72 Å². The monoisotopic (exact) mass is 293 g/mol. The number of sulfonamides is 1. The molecule has 0 unspecified atom stereocenters. The van der Waals surface area contributed by atoms with E-state index >= 15 is 0 Å². The third kappa shape index (κ3) is 2.56. The minimum atomic E-state index is -3.75. The third-order valence-corrected chi connectivity index (χ3v) is 4.60. The number of halogens is 2. The number of phenols is 1. The van der Waals surface area contributed by atoms with Crippen LogP contribution in [0.2, 0.25) is 5.02 Å². The van der Waals surface area contributed by atoms with Gasteiger partial charge in [0.25, 0.3) is 5.91 Å². The zero-order chi connectivity index (χ0) is 13.5. The van der Waals surface area contributed by atoms with Crippen molar-refractivity contribution < 1.29 is 22.7 Å². The SMILES string of the molecule is O=C(NS(=O)(=O)C1CC1)c1cc(Cl)c(O)cc1F. The molecule has 2 rings (SSSR count). The molecule has 0 bridgehead atoms. The summed E-state index contributed by atoms with van der Waals surface area (Å²) >= 11 is 5.53. The summed E-state index contributed by atoms with van der Waals surface area (Å²) in [4.78, 5) is 11.6. The van der Waals surface area contributed by atoms with Crippen LogP contribution < -0.4 is 4.72 Å². The van der Waals surface area contributed by atoms with Crippen molar-refractivity contribution in [2.45, 2.75) is 18.1 Å². The lowest BCUT2D eigenvalue weighted by atomic mass is 10.2. The van der Waals surface area contributed by atoms with Crippen molar-refractivity contribution >= 4 is 27.5 Å². The fourth-order valence-electron chi connectivity index (χ4n) is 1.36. The van der Waals surface area contributed by atoms with Crippen LogP contribution in [-0.4, -0.2) is 24.7 Å². The fourth-order valence-corrected chi connectivity index (χ4v) is 2.81. The maximum absolute atomic E-state index is 13.4. The molecule has 98 valence electrons. The Morgan fingerprint density at radius 1 is 1.44 bits per heavy atom. The number of aromatic hydroxyl groups is 1. The van der Waals surface area contributed by atoms with Gasteiger partial charge < -0.3 is 5.11 Å². The minimum Gasteiger partial charge on any atom is -0.506 e. The molecule has 5 nitrogen and oxygen atoms in total. The van der Waals surface area contributed by atoms with E-state index in [1.165, 1.54) is 0 Å². The molecule has 0 radical (unpaired) electrons. The molecule has 1 saturated carbocycles. The minimum absolute atomic E-state index is 0.231. The van der Waals surface area contributed by atoms with E-state index in [2.05, 4.69) is 0 Å². The second-order valence-electron chi connectivity index (χ2n) is 3.96. The largest absolute Gasteiger partial charge is 0.506 e. The summed E-state index contributed by atoms with van der Waals surface area (Å²) in [5.74, 6) is -2.66. The van der Waals surface area contributed by atoms with Gasteiger partial charge in [-0.15, -0.1) is 0 Å². The van der Waals surface area contributed by atoms with Gasteiger partial charge in [0.15, 0.2) is 0 Å². The normalized spacial score (nSPS) is 15.4. The molecule has 0 atom stereocenters. The van der Waals surface area contributed by atoms with E-state index in [9.17, 15) is 17.6 Å². The summed E-state index contributed by atoms with van der Waals surface area (Å²) in [6.07, 6.45) is 0.975. The Morgan fingerprint density at radius 2 is 2.06 bits per heavy atom. The Hall–Kier alpha value is -1.34. The molecule has 0 aliphatic heterocycles. The molecule has 0 spiro atoms. The van der Waals surface area contributed by atoms with Crippen LogP contribution in [0.4, 0.5) is 4.39 Å². The van der Waals surface area contributed by atoms with Crippen molar-refractivity contribution in [3.8, 4) is 5.75 Å². The van der Waals surface area contributed by atoms with Gasteiger partial charge >= 0.3 is 0 Å². The van der Waals surface area contributed by atoms with Crippen LogP contribution in [0.5, 0.6) is 5.75 Å². The van der Waals surface area contributed by atoms with E-state index in [0.29, 0.717) is 18.9 Å². The topological polar surface area (TPSA) is 83.5 Å². The molecule has 0 heterocycles. The Labute approximate surface area is 108 Å². The van der Waals surface area contributed by atoms with Gasteiger partial charge in [0, 0.05) is 6.07 Å². The molecule has 1 amide bonds. The second kappa shape index (κ2) is 4.40. The van der Waals surface area contributed by atoms with Crippen LogP contribution in [0, 0.1) is 5.82 Å². The molecule has 2 N–H and O–H groups in total. The maximum Gasteiger partial charge on any atom is 0.267 e. The van der Waals surface area contributed by atoms with Crippen LogP contribution in [-0.2, 0) is 10.0 Å². The van der Waals surface area contributed by atoms with E-state index in [0.717, 1.165) is 6.07 Å². The second-order valence-corrected chi connectivity index (χ2v) is 6.33. The summed E-state index contributed by atoms with van der Waals surface area (Å²) in [5.41, 5.74) is -0.526. The number of carbonyl (C=O) groups excluding carboxylic acids is 1. The van der Waals surface area contributed by atoms with Crippen LogP contribution >= 0.6 is 11.6 Å². The number of nitrogens with one attached hydrogen (secondary N) is 1. The van der Waals surface area contributed by atoms with Gasteiger partial charge in [0.1, 0.15) is 11.6 Å². The Balaban J connectivity index is 2.26. The van der Waals surface area contributed by atoms with E-state index in [1.807, 2.05) is 0 Å². The van der Waals surface area contributed by atoms with E-state index in [-0.39, 0.29) is 5.02 Å². The summed E-state index contributed by atoms with van der Waals surface area (Å²) in [6.45, 7) is 0. The van der Waals surface area contributed by atoms with Crippen LogP contribution in [0.25, 0.3) is 0 Å². The first-order valence-corrected chi connectivity index (χ1v) is 6.97. The average Bonchev–Trinajstić information content (AvgIpc) is 3.06. The predicted molar refractivity (Wildman–Crippen MR) is 62.5 cm³/mol. The maximum atomic E-state index is 13.4. The Kier molecular flexibility index (Phi) is 3.20. The first-order valence-electron chi connectivity index (χ1n) is 5.05. The van der Waals surface area contributed by atoms with Crippen molar-refractivity contribution in [1.29, 1.82) is 0 Å². The Bertz CT molecular complexity index is 613. The highest BCUT2D eigenvalue weighted by Gasteiger charge is 2.37. The van der Waals surface area contributed by atoms with Gasteiger partial charge in [-0.3, -0.25) is 4.79 Å². The molecule has 1 aliphatic carbocycles. The lowest BCUT2D eigenvalue weighted by Gasteiger charge is -2.07. The van der Waals surface area contributed by atoms with E-state index < -0.39 is 38.3 Å². The van der Waals surface area contributed by atoms with Gasteiger partial charge in [-0.05, 0) is 18.9 Å². The molecule has 1 aromatic rings. The van der Waals surface area contributed by atoms with Crippen LogP contribution in [0.3, 0.4) is 0 Å². The molecule has 1 aliphatic rings. The van der Waals surface area contributed by atoms with Gasteiger partial charge in [-0.1, -0.05) is 11.6 Å². The highest BCUT2D eigenvalue weighted by atomic mass is 35.5. The molecule has 8 heteroatoms. The third-order valence-electron chi connectivity index (χ3n) is 2.48. The van der Waals surface area contributed by atoms with Crippen molar-refractivity contribution in [3.05, 3.63) is 28.5 Å². The quantitative estimate of drug-likeness (QED) is 0.882. The lowest BCUT2D eigenvalue weighted by molar-refractivity contribution is 0.0977. The highest BCUT2D eigenvalue weighted by molar-refractivity contribution is 7.91. The van der Waals surface area contributed by atoms with Gasteiger partial charge in [-0.25, -0.2) is 17.5 Å². The Morgan fingerprint density at radius 3 is 2.61 bits per heavy atom. The van der Waals surface area contributed by atoms with Crippen molar-refractivity contribution in [2.75, 3.05) is 0 Å². The van der Waals surface area contributed by atoms with Crippen LogP contribution in [0.15, 0.2) is 12.1 Å². The predicted octanol–water partition coefficient (Wildman–Crippen LogP) is 1.41. The van der Waals surface area contributed by atoms with Crippen molar-refractivity contribution in [3.63, 3.8) is 0 Å². The number of rotatable bonds is 3. The smallest absolute Gasteiger partial charge is 0.267 e. The number of benzene rings is 1. The molecule has 1 aromatic carbocycles. The highest BCUT2D eigenvalue weighted by Crippen LogP contribution is 2.29. The average molecular weight is 294 g/mol. The lowest BCUT2D eigenvalue weighted by Crippen LogP contribution is -2.33. The van der Waals surface area contributed by atoms with Gasteiger partial charge in [0.05, 0.1) is 15.8 Å². The number of carbonyl (C=O) groups is 1. The summed E-state index contributed by atoms with van der Waals surface area (Å²) in [7, 11) is -3.75. The molecule has 1 fully saturated rings. The molecular formula is C10H9ClFNO4S. The number of hydrogen-bond donors (Lipinski definition) is 2. The van der Waals surface area contributed by atoms with Crippen molar-refractivity contribution in [2.24, 2.45) is 0 Å². The van der Waals surface area contributed by atoms with Gasteiger partial charge in [0.2, 0.25) is 10.0 Å². The molecular weight excluding hydrogens is 285 g/mol. The zero-order valence-corrected chi connectivity index (χ0v) is 10.6. The first kappa shape index (κ1) is 13.1. The van der Waals surface area contributed by atoms with E-state index in [1.54, 1.807) is 4.72 Å². The number of hydrogen-bond acceptors (Lipinski definition) is 4. The van der Waals surface area contributed by atoms with E-state index in [4.69, 9.17) is 16.7 Å². The van der Waals surface area contributed by atoms with Crippen LogP contribution in [0.1, 0.15) is 23.2 Å². The molecule has 0 saturated heterocycles. The standard InChI is InChI=1S/C10H9ClFNO4S/c11-7-3-6(8(12)4-9(7)14)10(15)13-18(16,17)5-1-2-5/h3-5,14H,1-2H2,(H,13,15). The molecule has 18 heavy (non-hydrogen) atoms. The fraction of sp³-hybridized carbons (Fsp3) is 0.300. The zero-order valence-electron chi connectivity index (χ0n) is 8.98. The first-order chi connectivity index (χ1) is 8.31. The molecule has 0 aromatic heterocycles. The summed E-state index contributed by atoms with van der Waals surface area (Å²) in [6, 6.07) is 1.53. The van der Waals surface area contributed by atoms with Gasteiger partial charge in [-0.2, -0.15) is 0 Å². The summed E-state index contributed by atoms with van der Waals surface area (Å²) < 4.78 is 38.2. The summed E-state index contributed by atoms with van der Waals surface area (Å²) in [5, 5.41) is 8.30. The number of amides is 1.